The summed E-state index contributed by atoms with van der Waals surface area (Å²) in [6.07, 6.45) is -2.35. The molecule has 3 aromatic carbocycles. The average molecular weight is 561 g/mol. The number of carbonyl (C=O) groups excluding carboxylic acids is 3. The molecular formula is C31H32N2O8. The Bertz CT molecular complexity index is 1350. The minimum absolute atomic E-state index is 0.0214. The van der Waals surface area contributed by atoms with Crippen molar-refractivity contribution in [2.24, 2.45) is 0 Å². The van der Waals surface area contributed by atoms with Crippen LogP contribution in [0.2, 0.25) is 0 Å². The standard InChI is InChI=1S/C31H32N2O8/c1-19(40-17-20-10-4-3-5-11-20)28(29(35)32-26(30(36)37)16-27(34)39-2)33-31(38)41-18-25-23-14-8-6-12-21(23)22-13-7-9-15-24(22)25/h3-15,19,25-26,28H,16-18H2,1-2H3,(H,32,35)(H,33,38)(H,36,37)/t19-,26-,28+/m0/s1. The summed E-state index contributed by atoms with van der Waals surface area (Å²) < 4.78 is 16.0. The third-order valence-corrected chi connectivity index (χ3v) is 6.94. The minimum atomic E-state index is -1.57. The average Bonchev–Trinajstić information content (AvgIpc) is 3.31. The van der Waals surface area contributed by atoms with Gasteiger partial charge >= 0.3 is 18.0 Å². The van der Waals surface area contributed by atoms with Crippen LogP contribution in [0, 0.1) is 0 Å². The maximum Gasteiger partial charge on any atom is 0.407 e. The van der Waals surface area contributed by atoms with Crippen LogP contribution in [0.25, 0.3) is 11.1 Å². The minimum Gasteiger partial charge on any atom is -0.480 e. The van der Waals surface area contributed by atoms with Gasteiger partial charge in [-0.05, 0) is 34.7 Å². The molecule has 3 atom stereocenters. The number of amides is 2. The van der Waals surface area contributed by atoms with Crippen molar-refractivity contribution in [1.82, 2.24) is 10.6 Å². The van der Waals surface area contributed by atoms with Gasteiger partial charge in [-0.3, -0.25) is 9.59 Å². The van der Waals surface area contributed by atoms with Crippen LogP contribution >= 0.6 is 0 Å². The summed E-state index contributed by atoms with van der Waals surface area (Å²) in [5, 5.41) is 14.3. The normalized spacial score (nSPS) is 14.1. The van der Waals surface area contributed by atoms with Gasteiger partial charge in [0, 0.05) is 5.92 Å². The lowest BCUT2D eigenvalue weighted by Crippen LogP contribution is -2.56. The Labute approximate surface area is 237 Å². The highest BCUT2D eigenvalue weighted by molar-refractivity contribution is 5.91. The number of hydrogen-bond donors (Lipinski definition) is 3. The fraction of sp³-hybridized carbons (Fsp3) is 0.290. The first-order valence-electron chi connectivity index (χ1n) is 13.2. The highest BCUT2D eigenvalue weighted by Crippen LogP contribution is 2.44. The van der Waals surface area contributed by atoms with Crippen molar-refractivity contribution in [2.75, 3.05) is 13.7 Å². The Balaban J connectivity index is 1.46. The molecule has 0 radical (unpaired) electrons. The second-order valence-corrected chi connectivity index (χ2v) is 9.63. The highest BCUT2D eigenvalue weighted by atomic mass is 16.6. The molecule has 1 aliphatic carbocycles. The van der Waals surface area contributed by atoms with Crippen LogP contribution in [0.5, 0.6) is 0 Å². The maximum absolute atomic E-state index is 13.2. The summed E-state index contributed by atoms with van der Waals surface area (Å²) in [7, 11) is 1.12. The van der Waals surface area contributed by atoms with Gasteiger partial charge in [-0.2, -0.15) is 0 Å². The van der Waals surface area contributed by atoms with Crippen LogP contribution in [-0.4, -0.2) is 60.9 Å². The van der Waals surface area contributed by atoms with Gasteiger partial charge in [0.1, 0.15) is 18.7 Å². The molecule has 10 heteroatoms. The van der Waals surface area contributed by atoms with Crippen molar-refractivity contribution in [3.8, 4) is 11.1 Å². The van der Waals surface area contributed by atoms with Gasteiger partial charge in [0.05, 0.1) is 26.2 Å². The van der Waals surface area contributed by atoms with E-state index in [1.54, 1.807) is 6.92 Å². The summed E-state index contributed by atoms with van der Waals surface area (Å²) in [6.45, 7) is 1.74. The Morgan fingerprint density at radius 3 is 2.02 bits per heavy atom. The van der Waals surface area contributed by atoms with E-state index in [1.807, 2.05) is 78.9 Å². The van der Waals surface area contributed by atoms with E-state index in [0.29, 0.717) is 0 Å². The molecule has 0 saturated carbocycles. The van der Waals surface area contributed by atoms with E-state index in [4.69, 9.17) is 9.47 Å². The molecular weight excluding hydrogens is 528 g/mol. The summed E-state index contributed by atoms with van der Waals surface area (Å²) in [5.41, 5.74) is 5.05. The number of carboxylic acids is 1. The summed E-state index contributed by atoms with van der Waals surface area (Å²) in [6, 6.07) is 22.1. The Kier molecular flexibility index (Phi) is 9.70. The smallest absolute Gasteiger partial charge is 0.407 e. The summed E-state index contributed by atoms with van der Waals surface area (Å²) in [4.78, 5) is 49.6. The Morgan fingerprint density at radius 1 is 0.854 bits per heavy atom. The van der Waals surface area contributed by atoms with E-state index in [-0.39, 0.29) is 19.1 Å². The zero-order chi connectivity index (χ0) is 29.4. The van der Waals surface area contributed by atoms with E-state index < -0.39 is 48.5 Å². The third kappa shape index (κ3) is 7.29. The van der Waals surface area contributed by atoms with E-state index >= 15 is 0 Å². The molecule has 2 amide bonds. The number of benzene rings is 3. The number of esters is 1. The summed E-state index contributed by atoms with van der Waals surface area (Å²) in [5.74, 6) is -3.28. The van der Waals surface area contributed by atoms with Crippen LogP contribution < -0.4 is 10.6 Å². The van der Waals surface area contributed by atoms with E-state index in [9.17, 15) is 24.3 Å². The fourth-order valence-electron chi connectivity index (χ4n) is 4.77. The van der Waals surface area contributed by atoms with Crippen molar-refractivity contribution < 1.29 is 38.5 Å². The molecule has 4 rings (SSSR count). The number of methoxy groups -OCH3 is 1. The van der Waals surface area contributed by atoms with Gasteiger partial charge in [-0.25, -0.2) is 9.59 Å². The van der Waals surface area contributed by atoms with Crippen LogP contribution in [-0.2, 0) is 35.2 Å². The largest absolute Gasteiger partial charge is 0.480 e. The first-order valence-corrected chi connectivity index (χ1v) is 13.2. The predicted molar refractivity (Wildman–Crippen MR) is 149 cm³/mol. The van der Waals surface area contributed by atoms with E-state index in [2.05, 4.69) is 15.4 Å². The zero-order valence-corrected chi connectivity index (χ0v) is 22.7. The van der Waals surface area contributed by atoms with E-state index in [1.165, 1.54) is 0 Å². The second kappa shape index (κ2) is 13.6. The molecule has 0 spiro atoms. The highest BCUT2D eigenvalue weighted by Gasteiger charge is 2.34. The van der Waals surface area contributed by atoms with Gasteiger partial charge in [0.25, 0.3) is 0 Å². The second-order valence-electron chi connectivity index (χ2n) is 9.63. The van der Waals surface area contributed by atoms with Gasteiger partial charge < -0.3 is 30.0 Å². The number of hydrogen-bond acceptors (Lipinski definition) is 7. The Morgan fingerprint density at radius 2 is 1.44 bits per heavy atom. The number of nitrogens with one attached hydrogen (secondary N) is 2. The van der Waals surface area contributed by atoms with Gasteiger partial charge in [-0.15, -0.1) is 0 Å². The maximum atomic E-state index is 13.2. The van der Waals surface area contributed by atoms with Crippen molar-refractivity contribution >= 4 is 23.9 Å². The monoisotopic (exact) mass is 560 g/mol. The predicted octanol–water partition coefficient (Wildman–Crippen LogP) is 3.63. The quantitative estimate of drug-likeness (QED) is 0.285. The van der Waals surface area contributed by atoms with Crippen molar-refractivity contribution in [3.05, 3.63) is 95.6 Å². The zero-order valence-electron chi connectivity index (χ0n) is 22.7. The lowest BCUT2D eigenvalue weighted by molar-refractivity contribution is -0.149. The first-order chi connectivity index (χ1) is 19.8. The van der Waals surface area contributed by atoms with Crippen molar-refractivity contribution in [1.29, 1.82) is 0 Å². The first kappa shape index (κ1) is 29.3. The van der Waals surface area contributed by atoms with E-state index in [0.717, 1.165) is 34.9 Å². The molecule has 3 N–H and O–H groups in total. The number of ether oxygens (including phenoxy) is 3. The van der Waals surface area contributed by atoms with Gasteiger partial charge in [0.15, 0.2) is 0 Å². The molecule has 0 saturated heterocycles. The number of aliphatic carboxylic acids is 1. The molecule has 41 heavy (non-hydrogen) atoms. The van der Waals surface area contributed by atoms with Crippen LogP contribution in [0.1, 0.15) is 36.0 Å². The molecule has 214 valence electrons. The number of alkyl carbamates (subject to hydrolysis) is 1. The molecule has 0 aliphatic heterocycles. The number of rotatable bonds is 12. The molecule has 10 nitrogen and oxygen atoms in total. The molecule has 0 heterocycles. The molecule has 1 aliphatic rings. The molecule has 3 aromatic rings. The van der Waals surface area contributed by atoms with Crippen LogP contribution in [0.15, 0.2) is 78.9 Å². The number of carboxylic acid groups (broad SMARTS) is 1. The molecule has 0 fully saturated rings. The van der Waals surface area contributed by atoms with Gasteiger partial charge in [-0.1, -0.05) is 78.9 Å². The molecule has 0 aromatic heterocycles. The number of carbonyl (C=O) groups is 4. The fourth-order valence-corrected chi connectivity index (χ4v) is 4.77. The molecule has 0 unspecified atom stereocenters. The third-order valence-electron chi connectivity index (χ3n) is 6.94. The lowest BCUT2D eigenvalue weighted by Gasteiger charge is -2.26. The van der Waals surface area contributed by atoms with Crippen molar-refractivity contribution in [3.63, 3.8) is 0 Å². The lowest BCUT2D eigenvalue weighted by atomic mass is 9.98. The SMILES string of the molecule is COC(=O)C[C@H](NC(=O)[C@H](NC(=O)OCC1c2ccccc2-c2ccccc21)[C@H](C)OCc1ccccc1)C(=O)O. The van der Waals surface area contributed by atoms with Crippen LogP contribution in [0.3, 0.4) is 0 Å². The Hall–Kier alpha value is -4.70. The molecule has 0 bridgehead atoms. The van der Waals surface area contributed by atoms with Crippen LogP contribution in [0.4, 0.5) is 4.79 Å². The summed E-state index contributed by atoms with van der Waals surface area (Å²) >= 11 is 0. The number of fused-ring (bicyclic) bond motifs is 3. The van der Waals surface area contributed by atoms with Gasteiger partial charge in [0.2, 0.25) is 5.91 Å². The van der Waals surface area contributed by atoms with Crippen molar-refractivity contribution in [2.45, 2.75) is 44.1 Å². The topological polar surface area (TPSA) is 140 Å².